The summed E-state index contributed by atoms with van der Waals surface area (Å²) in [5.41, 5.74) is 0. The van der Waals surface area contributed by atoms with E-state index in [-0.39, 0.29) is 12.0 Å². The second-order valence-corrected chi connectivity index (χ2v) is 3.61. The van der Waals surface area contributed by atoms with Crippen molar-refractivity contribution >= 4 is 5.97 Å². The lowest BCUT2D eigenvalue weighted by Crippen LogP contribution is -2.52. The van der Waals surface area contributed by atoms with E-state index in [4.69, 9.17) is 4.74 Å². The molecule has 0 aromatic carbocycles. The first kappa shape index (κ1) is 8.97. The van der Waals surface area contributed by atoms with E-state index in [1.165, 1.54) is 0 Å². The molecule has 2 fully saturated rings. The van der Waals surface area contributed by atoms with Gasteiger partial charge in [0.15, 0.2) is 0 Å². The lowest BCUT2D eigenvalue weighted by atomic mass is 10.1. The molecule has 0 saturated carbocycles. The van der Waals surface area contributed by atoms with Gasteiger partial charge in [0, 0.05) is 26.2 Å². The molecule has 4 heteroatoms. The molecule has 0 aliphatic carbocycles. The fraction of sp³-hybridized carbons (Fsp3) is 0.889. The van der Waals surface area contributed by atoms with Gasteiger partial charge in [0.25, 0.3) is 0 Å². The quantitative estimate of drug-likeness (QED) is 0.563. The van der Waals surface area contributed by atoms with Crippen LogP contribution in [0, 0.1) is 0 Å². The molecule has 2 aliphatic rings. The third-order valence-electron chi connectivity index (χ3n) is 2.73. The van der Waals surface area contributed by atoms with E-state index < -0.39 is 0 Å². The average Bonchev–Trinajstić information content (AvgIpc) is 2.20. The van der Waals surface area contributed by atoms with Crippen molar-refractivity contribution in [2.24, 2.45) is 0 Å². The van der Waals surface area contributed by atoms with Crippen molar-refractivity contribution in [1.29, 1.82) is 0 Å². The van der Waals surface area contributed by atoms with E-state index in [1.807, 2.05) is 0 Å². The smallest absolute Gasteiger partial charge is 0.323 e. The van der Waals surface area contributed by atoms with Gasteiger partial charge in [-0.05, 0) is 12.8 Å². The Labute approximate surface area is 78.2 Å². The van der Waals surface area contributed by atoms with Crippen LogP contribution >= 0.6 is 0 Å². The van der Waals surface area contributed by atoms with Crippen molar-refractivity contribution in [3.63, 3.8) is 0 Å². The van der Waals surface area contributed by atoms with Crippen LogP contribution in [-0.4, -0.2) is 49.7 Å². The third kappa shape index (κ3) is 2.00. The molecule has 0 aromatic rings. The van der Waals surface area contributed by atoms with E-state index in [0.29, 0.717) is 6.61 Å². The maximum atomic E-state index is 11.4. The molecule has 0 radical (unpaired) electrons. The van der Waals surface area contributed by atoms with Crippen molar-refractivity contribution in [1.82, 2.24) is 10.2 Å². The van der Waals surface area contributed by atoms with Crippen molar-refractivity contribution in [3.05, 3.63) is 0 Å². The van der Waals surface area contributed by atoms with E-state index in [0.717, 1.165) is 39.0 Å². The minimum absolute atomic E-state index is 0.0202. The standard InChI is InChI=1S/C9H16N2O2/c12-9-8(2-1-7-13-9)11-5-3-10-4-6-11/h8,10H,1-7H2. The van der Waals surface area contributed by atoms with Gasteiger partial charge < -0.3 is 10.1 Å². The van der Waals surface area contributed by atoms with Crippen LogP contribution in [0.15, 0.2) is 0 Å². The van der Waals surface area contributed by atoms with Gasteiger partial charge in [-0.2, -0.15) is 0 Å². The first-order chi connectivity index (χ1) is 6.38. The number of cyclic esters (lactones) is 1. The van der Waals surface area contributed by atoms with E-state index >= 15 is 0 Å². The fourth-order valence-electron chi connectivity index (χ4n) is 1.99. The molecule has 1 unspecified atom stereocenters. The molecule has 2 aliphatic heterocycles. The average molecular weight is 184 g/mol. The van der Waals surface area contributed by atoms with Crippen LogP contribution in [0.4, 0.5) is 0 Å². The molecular weight excluding hydrogens is 168 g/mol. The Hall–Kier alpha value is -0.610. The van der Waals surface area contributed by atoms with Crippen LogP contribution in [0.25, 0.3) is 0 Å². The number of ether oxygens (including phenoxy) is 1. The zero-order valence-corrected chi connectivity index (χ0v) is 7.79. The molecule has 2 heterocycles. The summed E-state index contributed by atoms with van der Waals surface area (Å²) >= 11 is 0. The Bertz CT molecular complexity index is 190. The van der Waals surface area contributed by atoms with Gasteiger partial charge in [-0.3, -0.25) is 9.69 Å². The predicted octanol–water partition coefficient (Wildman–Crippen LogP) is -0.403. The summed E-state index contributed by atoms with van der Waals surface area (Å²) in [5, 5.41) is 3.27. The minimum Gasteiger partial charge on any atom is -0.465 e. The van der Waals surface area contributed by atoms with Crippen LogP contribution in [0.1, 0.15) is 12.8 Å². The second-order valence-electron chi connectivity index (χ2n) is 3.61. The number of esters is 1. The number of nitrogens with one attached hydrogen (secondary N) is 1. The first-order valence-corrected chi connectivity index (χ1v) is 4.99. The predicted molar refractivity (Wildman–Crippen MR) is 48.4 cm³/mol. The molecule has 0 bridgehead atoms. The minimum atomic E-state index is -0.0202. The molecule has 0 amide bonds. The van der Waals surface area contributed by atoms with Crippen LogP contribution < -0.4 is 5.32 Å². The number of rotatable bonds is 1. The van der Waals surface area contributed by atoms with Crippen LogP contribution in [0.5, 0.6) is 0 Å². The van der Waals surface area contributed by atoms with Gasteiger partial charge in [-0.15, -0.1) is 0 Å². The highest BCUT2D eigenvalue weighted by atomic mass is 16.5. The van der Waals surface area contributed by atoms with Crippen molar-refractivity contribution in [2.75, 3.05) is 32.8 Å². The molecule has 0 spiro atoms. The zero-order chi connectivity index (χ0) is 9.10. The highest BCUT2D eigenvalue weighted by Crippen LogP contribution is 2.14. The van der Waals surface area contributed by atoms with Gasteiger partial charge >= 0.3 is 5.97 Å². The molecular formula is C9H16N2O2. The largest absolute Gasteiger partial charge is 0.465 e. The molecule has 0 aromatic heterocycles. The van der Waals surface area contributed by atoms with Crippen molar-refractivity contribution in [3.8, 4) is 0 Å². The normalized spacial score (nSPS) is 31.4. The topological polar surface area (TPSA) is 41.6 Å². The molecule has 1 atom stereocenters. The summed E-state index contributed by atoms with van der Waals surface area (Å²) in [4.78, 5) is 13.6. The molecule has 1 N–H and O–H groups in total. The van der Waals surface area contributed by atoms with Gasteiger partial charge in [0.05, 0.1) is 6.61 Å². The maximum Gasteiger partial charge on any atom is 0.323 e. The molecule has 2 rings (SSSR count). The van der Waals surface area contributed by atoms with E-state index in [2.05, 4.69) is 10.2 Å². The molecule has 13 heavy (non-hydrogen) atoms. The Kier molecular flexibility index (Phi) is 2.80. The van der Waals surface area contributed by atoms with E-state index in [1.54, 1.807) is 0 Å². The van der Waals surface area contributed by atoms with Crippen LogP contribution in [0.2, 0.25) is 0 Å². The van der Waals surface area contributed by atoms with Crippen LogP contribution in [0.3, 0.4) is 0 Å². The number of carbonyl (C=O) groups is 1. The van der Waals surface area contributed by atoms with Crippen LogP contribution in [-0.2, 0) is 9.53 Å². The van der Waals surface area contributed by atoms with E-state index in [9.17, 15) is 4.79 Å². The zero-order valence-electron chi connectivity index (χ0n) is 7.79. The summed E-state index contributed by atoms with van der Waals surface area (Å²) in [6, 6.07) is 0.0378. The molecule has 2 saturated heterocycles. The number of carbonyl (C=O) groups excluding carboxylic acids is 1. The van der Waals surface area contributed by atoms with Gasteiger partial charge in [0.1, 0.15) is 6.04 Å². The highest BCUT2D eigenvalue weighted by Gasteiger charge is 2.30. The summed E-state index contributed by atoms with van der Waals surface area (Å²) in [6.07, 6.45) is 1.99. The molecule has 74 valence electrons. The number of nitrogens with zero attached hydrogens (tertiary/aromatic N) is 1. The number of hydrogen-bond acceptors (Lipinski definition) is 4. The summed E-state index contributed by atoms with van der Waals surface area (Å²) in [7, 11) is 0. The lowest BCUT2D eigenvalue weighted by Gasteiger charge is -2.35. The van der Waals surface area contributed by atoms with Gasteiger partial charge in [0.2, 0.25) is 0 Å². The first-order valence-electron chi connectivity index (χ1n) is 4.99. The number of hydrogen-bond donors (Lipinski definition) is 1. The Morgan fingerprint density at radius 1 is 1.38 bits per heavy atom. The number of piperazine rings is 1. The van der Waals surface area contributed by atoms with Gasteiger partial charge in [-0.1, -0.05) is 0 Å². The Balaban J connectivity index is 1.92. The summed E-state index contributed by atoms with van der Waals surface area (Å²) < 4.78 is 5.04. The summed E-state index contributed by atoms with van der Waals surface area (Å²) in [5.74, 6) is -0.0202. The lowest BCUT2D eigenvalue weighted by molar-refractivity contribution is -0.155. The third-order valence-corrected chi connectivity index (χ3v) is 2.73. The Morgan fingerprint density at radius 3 is 2.85 bits per heavy atom. The SMILES string of the molecule is O=C1OCCCC1N1CCNCC1. The summed E-state index contributed by atoms with van der Waals surface area (Å²) in [6.45, 7) is 4.54. The Morgan fingerprint density at radius 2 is 2.15 bits per heavy atom. The highest BCUT2D eigenvalue weighted by molar-refractivity contribution is 5.76. The van der Waals surface area contributed by atoms with Crippen molar-refractivity contribution in [2.45, 2.75) is 18.9 Å². The maximum absolute atomic E-state index is 11.4. The van der Waals surface area contributed by atoms with Crippen molar-refractivity contribution < 1.29 is 9.53 Å². The fourth-order valence-corrected chi connectivity index (χ4v) is 1.99. The molecule has 4 nitrogen and oxygen atoms in total. The second kappa shape index (κ2) is 4.07. The monoisotopic (exact) mass is 184 g/mol. The van der Waals surface area contributed by atoms with Gasteiger partial charge in [-0.25, -0.2) is 0 Å².